The fraction of sp³-hybridized carbons (Fsp3) is 0.450. The van der Waals surface area contributed by atoms with Crippen molar-refractivity contribution in [2.24, 2.45) is 5.92 Å². The summed E-state index contributed by atoms with van der Waals surface area (Å²) in [6.45, 7) is 4.04. The van der Waals surface area contributed by atoms with Crippen LogP contribution in [0.4, 0.5) is 5.82 Å². The topological polar surface area (TPSA) is 71.8 Å². The number of anilines is 1. The van der Waals surface area contributed by atoms with E-state index in [1.54, 1.807) is 6.33 Å². The van der Waals surface area contributed by atoms with Crippen molar-refractivity contribution in [3.63, 3.8) is 0 Å². The molecule has 7 heteroatoms. The second kappa shape index (κ2) is 6.77. The molecule has 1 N–H and O–H groups in total. The molecule has 5 rings (SSSR count). The number of nitrogens with zero attached hydrogens (tertiary/aromatic N) is 5. The van der Waals surface area contributed by atoms with Crippen LogP contribution in [0.2, 0.25) is 0 Å². The molecule has 0 aliphatic carbocycles. The van der Waals surface area contributed by atoms with Gasteiger partial charge in [-0.15, -0.1) is 0 Å². The number of benzene rings is 1. The van der Waals surface area contributed by atoms with Crippen LogP contribution in [0.3, 0.4) is 0 Å². The second-order valence-electron chi connectivity index (χ2n) is 7.54. The van der Waals surface area contributed by atoms with Crippen LogP contribution < -0.4 is 4.90 Å². The molecule has 1 aromatic carbocycles. The van der Waals surface area contributed by atoms with Crippen molar-refractivity contribution in [3.8, 4) is 6.07 Å². The van der Waals surface area contributed by atoms with E-state index in [1.807, 2.05) is 0 Å². The molecule has 2 aliphatic heterocycles. The number of H-pyrrole nitrogens is 1. The van der Waals surface area contributed by atoms with Crippen molar-refractivity contribution in [1.29, 1.82) is 5.26 Å². The van der Waals surface area contributed by atoms with Gasteiger partial charge in [-0.3, -0.25) is 0 Å². The van der Waals surface area contributed by atoms with Crippen molar-refractivity contribution in [3.05, 3.63) is 29.0 Å². The Labute approximate surface area is 166 Å². The Morgan fingerprint density at radius 2 is 2.15 bits per heavy atom. The van der Waals surface area contributed by atoms with Gasteiger partial charge < -0.3 is 14.8 Å². The molecule has 3 aromatic rings. The lowest BCUT2D eigenvalue weighted by molar-refractivity contribution is 0.177. The van der Waals surface area contributed by atoms with Crippen molar-refractivity contribution >= 4 is 43.7 Å². The van der Waals surface area contributed by atoms with Gasteiger partial charge in [-0.2, -0.15) is 5.26 Å². The van der Waals surface area contributed by atoms with E-state index in [9.17, 15) is 0 Å². The van der Waals surface area contributed by atoms with Crippen LogP contribution in [0.25, 0.3) is 21.9 Å². The first kappa shape index (κ1) is 17.0. The number of nitriles is 1. The zero-order chi connectivity index (χ0) is 18.4. The van der Waals surface area contributed by atoms with Gasteiger partial charge in [-0.05, 0) is 37.4 Å². The molecule has 0 bridgehead atoms. The van der Waals surface area contributed by atoms with E-state index in [4.69, 9.17) is 10.2 Å². The first-order chi connectivity index (χ1) is 13.2. The van der Waals surface area contributed by atoms with E-state index < -0.39 is 0 Å². The van der Waals surface area contributed by atoms with Gasteiger partial charge in [-0.25, -0.2) is 9.97 Å². The molecule has 0 radical (unpaired) electrons. The lowest BCUT2D eigenvalue weighted by Crippen LogP contribution is -2.48. The number of fused-ring (bicyclic) bond motifs is 4. The normalized spacial score (nSPS) is 23.0. The Morgan fingerprint density at radius 1 is 1.26 bits per heavy atom. The quantitative estimate of drug-likeness (QED) is 0.693. The van der Waals surface area contributed by atoms with Gasteiger partial charge in [0, 0.05) is 47.5 Å². The summed E-state index contributed by atoms with van der Waals surface area (Å²) >= 11 is 3.55. The summed E-state index contributed by atoms with van der Waals surface area (Å²) < 4.78 is 1.05. The lowest BCUT2D eigenvalue weighted by atomic mass is 9.92. The predicted octanol–water partition coefficient (Wildman–Crippen LogP) is 3.69. The molecule has 6 nitrogen and oxygen atoms in total. The first-order valence-corrected chi connectivity index (χ1v) is 10.3. The van der Waals surface area contributed by atoms with Crippen LogP contribution in [-0.2, 0) is 0 Å². The zero-order valence-electron chi connectivity index (χ0n) is 15.0. The third-order valence-corrected chi connectivity index (χ3v) is 6.58. The Morgan fingerprint density at radius 3 is 3.04 bits per heavy atom. The average Bonchev–Trinajstić information content (AvgIpc) is 3.26. The van der Waals surface area contributed by atoms with Crippen LogP contribution in [0.1, 0.15) is 19.3 Å². The molecule has 2 aliphatic rings. The summed E-state index contributed by atoms with van der Waals surface area (Å²) in [6.07, 6.45) is 4.70. The second-order valence-corrected chi connectivity index (χ2v) is 8.46. The van der Waals surface area contributed by atoms with E-state index in [1.165, 1.54) is 18.2 Å². The summed E-state index contributed by atoms with van der Waals surface area (Å²) in [5, 5.41) is 11.2. The molecule has 0 saturated carbocycles. The molecular formula is C20H21BrN6. The smallest absolute Gasteiger partial charge is 0.143 e. The van der Waals surface area contributed by atoms with E-state index in [-0.39, 0.29) is 0 Å². The van der Waals surface area contributed by atoms with Crippen LogP contribution in [0.15, 0.2) is 29.0 Å². The summed E-state index contributed by atoms with van der Waals surface area (Å²) in [7, 11) is 0. The Hall–Kier alpha value is -2.17. The van der Waals surface area contributed by atoms with Crippen molar-refractivity contribution in [1.82, 2.24) is 19.9 Å². The predicted molar refractivity (Wildman–Crippen MR) is 110 cm³/mol. The fourth-order valence-electron chi connectivity index (χ4n) is 4.78. The lowest BCUT2D eigenvalue weighted by Gasteiger charge is -2.38. The molecule has 2 unspecified atom stereocenters. The number of halogens is 1. The number of piperidine rings is 1. The number of likely N-dealkylation sites (tertiary alicyclic amines) is 1. The maximum absolute atomic E-state index is 8.92. The Bertz CT molecular complexity index is 1040. The van der Waals surface area contributed by atoms with Crippen molar-refractivity contribution < 1.29 is 0 Å². The molecule has 2 saturated heterocycles. The summed E-state index contributed by atoms with van der Waals surface area (Å²) in [6, 6.07) is 9.05. The van der Waals surface area contributed by atoms with Crippen LogP contribution in [0.5, 0.6) is 0 Å². The molecule has 4 heterocycles. The van der Waals surface area contributed by atoms with E-state index in [0.717, 1.165) is 53.0 Å². The van der Waals surface area contributed by atoms with Crippen LogP contribution in [0, 0.1) is 17.2 Å². The van der Waals surface area contributed by atoms with Gasteiger partial charge in [0.25, 0.3) is 0 Å². The highest BCUT2D eigenvalue weighted by atomic mass is 79.9. The van der Waals surface area contributed by atoms with Gasteiger partial charge in [-0.1, -0.05) is 22.0 Å². The fourth-order valence-corrected chi connectivity index (χ4v) is 5.14. The summed E-state index contributed by atoms with van der Waals surface area (Å²) in [4.78, 5) is 17.6. The number of hydrogen-bond acceptors (Lipinski definition) is 5. The van der Waals surface area contributed by atoms with E-state index >= 15 is 0 Å². The third-order valence-electron chi connectivity index (χ3n) is 6.09. The SMILES string of the molecule is N#CCCN1CCC2CCN(c3ncnc4[nH]c5cc(Br)ccc5c34)C2C1. The number of nitrogens with one attached hydrogen (secondary N) is 1. The number of hydrogen-bond donors (Lipinski definition) is 1. The third kappa shape index (κ3) is 2.88. The molecular weight excluding hydrogens is 404 g/mol. The molecule has 138 valence electrons. The molecule has 27 heavy (non-hydrogen) atoms. The highest BCUT2D eigenvalue weighted by Gasteiger charge is 2.39. The van der Waals surface area contributed by atoms with E-state index in [2.05, 4.69) is 60.0 Å². The minimum Gasteiger partial charge on any atom is -0.351 e. The number of aromatic amines is 1. The molecule has 0 spiro atoms. The average molecular weight is 425 g/mol. The van der Waals surface area contributed by atoms with Crippen LogP contribution >= 0.6 is 15.9 Å². The molecule has 2 fully saturated rings. The Balaban J connectivity index is 1.55. The van der Waals surface area contributed by atoms with Crippen LogP contribution in [-0.4, -0.2) is 52.1 Å². The zero-order valence-corrected chi connectivity index (χ0v) is 16.6. The maximum Gasteiger partial charge on any atom is 0.143 e. The molecule has 2 aromatic heterocycles. The maximum atomic E-state index is 8.92. The minimum absolute atomic E-state index is 0.468. The van der Waals surface area contributed by atoms with Gasteiger partial charge in [0.05, 0.1) is 11.5 Å². The first-order valence-electron chi connectivity index (χ1n) is 9.52. The molecule has 2 atom stereocenters. The largest absolute Gasteiger partial charge is 0.351 e. The van der Waals surface area contributed by atoms with Gasteiger partial charge in [0.1, 0.15) is 17.8 Å². The minimum atomic E-state index is 0.468. The summed E-state index contributed by atoms with van der Waals surface area (Å²) in [5.41, 5.74) is 1.98. The number of rotatable bonds is 3. The highest BCUT2D eigenvalue weighted by molar-refractivity contribution is 9.10. The van der Waals surface area contributed by atoms with E-state index in [0.29, 0.717) is 18.4 Å². The summed E-state index contributed by atoms with van der Waals surface area (Å²) in [5.74, 6) is 1.76. The monoisotopic (exact) mass is 424 g/mol. The van der Waals surface area contributed by atoms with Gasteiger partial charge >= 0.3 is 0 Å². The van der Waals surface area contributed by atoms with Crippen molar-refractivity contribution in [2.75, 3.05) is 31.1 Å². The number of aromatic nitrogens is 3. The van der Waals surface area contributed by atoms with Gasteiger partial charge in [0.2, 0.25) is 0 Å². The molecule has 0 amide bonds. The van der Waals surface area contributed by atoms with Gasteiger partial charge in [0.15, 0.2) is 0 Å². The highest BCUT2D eigenvalue weighted by Crippen LogP contribution is 2.39. The standard InChI is InChI=1S/C20H21BrN6/c21-14-2-3-15-16(10-14)25-19-18(15)20(24-12-23-19)27-9-5-13-4-8-26(7-1-6-22)11-17(13)27/h2-3,10,12-13,17H,1,4-5,7-9,11H2,(H,23,24,25). The van der Waals surface area contributed by atoms with Crippen molar-refractivity contribution in [2.45, 2.75) is 25.3 Å². The Kier molecular flexibility index (Phi) is 4.25.